The van der Waals surface area contributed by atoms with Crippen molar-refractivity contribution in [2.75, 3.05) is 4.72 Å². The highest BCUT2D eigenvalue weighted by Crippen LogP contribution is 2.18. The fourth-order valence-electron chi connectivity index (χ4n) is 1.24. The van der Waals surface area contributed by atoms with E-state index in [-0.39, 0.29) is 26.8 Å². The van der Waals surface area contributed by atoms with Gasteiger partial charge in [-0.3, -0.25) is 4.72 Å². The van der Waals surface area contributed by atoms with Gasteiger partial charge in [-0.05, 0) is 23.7 Å². The van der Waals surface area contributed by atoms with Crippen molar-refractivity contribution in [1.29, 1.82) is 5.26 Å². The summed E-state index contributed by atoms with van der Waals surface area (Å²) >= 11 is 11.2. The van der Waals surface area contributed by atoms with Crippen LogP contribution in [-0.4, -0.2) is 23.4 Å². The molecule has 0 spiro atoms. The Balaban J connectivity index is 2.33. The molecule has 10 heteroatoms. The lowest BCUT2D eigenvalue weighted by Gasteiger charge is -2.07. The van der Waals surface area contributed by atoms with Gasteiger partial charge >= 0.3 is 0 Å². The smallest absolute Gasteiger partial charge is 0.263 e. The van der Waals surface area contributed by atoms with Crippen LogP contribution in [0.4, 0.5) is 5.82 Å². The number of anilines is 1. The molecule has 0 unspecified atom stereocenters. The summed E-state index contributed by atoms with van der Waals surface area (Å²) in [6.45, 7) is 0. The van der Waals surface area contributed by atoms with Crippen molar-refractivity contribution < 1.29 is 8.42 Å². The van der Waals surface area contributed by atoms with Gasteiger partial charge in [-0.2, -0.15) is 10.2 Å². The average molecular weight is 330 g/mol. The Morgan fingerprint density at radius 3 is 2.55 bits per heavy atom. The molecule has 20 heavy (non-hydrogen) atoms. The minimum atomic E-state index is -3.90. The van der Waals surface area contributed by atoms with Crippen LogP contribution in [0, 0.1) is 11.3 Å². The number of halogens is 2. The van der Waals surface area contributed by atoms with Gasteiger partial charge in [0.2, 0.25) is 5.28 Å². The highest BCUT2D eigenvalue weighted by molar-refractivity contribution is 7.92. The Labute approximate surface area is 124 Å². The van der Waals surface area contributed by atoms with Crippen molar-refractivity contribution in [2.24, 2.45) is 0 Å². The highest BCUT2D eigenvalue weighted by atomic mass is 35.5. The van der Waals surface area contributed by atoms with Crippen molar-refractivity contribution in [3.05, 3.63) is 40.5 Å². The molecular weight excluding hydrogens is 325 g/mol. The molecule has 102 valence electrons. The number of hydrogen-bond donors (Lipinski definition) is 1. The van der Waals surface area contributed by atoms with Gasteiger partial charge in [0.15, 0.2) is 0 Å². The summed E-state index contributed by atoms with van der Waals surface area (Å²) in [5, 5.41) is 8.42. The summed E-state index contributed by atoms with van der Waals surface area (Å²) in [4.78, 5) is 10.8. The molecule has 1 N–H and O–H groups in total. The lowest BCUT2D eigenvalue weighted by atomic mass is 10.4. The van der Waals surface area contributed by atoms with E-state index >= 15 is 0 Å². The van der Waals surface area contributed by atoms with Crippen LogP contribution in [0.5, 0.6) is 0 Å². The van der Waals surface area contributed by atoms with Gasteiger partial charge in [0.25, 0.3) is 10.0 Å². The number of aromatic nitrogens is 3. The van der Waals surface area contributed by atoms with Crippen molar-refractivity contribution in [3.8, 4) is 6.07 Å². The lowest BCUT2D eigenvalue weighted by molar-refractivity contribution is 0.600. The molecule has 0 aliphatic heterocycles. The van der Waals surface area contributed by atoms with Gasteiger partial charge in [-0.1, -0.05) is 11.6 Å². The number of sulfonamides is 1. The third-order valence-electron chi connectivity index (χ3n) is 2.07. The summed E-state index contributed by atoms with van der Waals surface area (Å²) in [6.07, 6.45) is 1.06. The van der Waals surface area contributed by atoms with Crippen LogP contribution in [0.1, 0.15) is 5.69 Å². The quantitative estimate of drug-likeness (QED) is 0.679. The molecule has 2 aromatic heterocycles. The molecule has 0 fully saturated rings. The van der Waals surface area contributed by atoms with Crippen LogP contribution in [0.25, 0.3) is 0 Å². The molecule has 2 rings (SSSR count). The van der Waals surface area contributed by atoms with Crippen LogP contribution in [-0.2, 0) is 10.0 Å². The number of nitriles is 1. The van der Waals surface area contributed by atoms with Crippen molar-refractivity contribution >= 4 is 39.0 Å². The Kier molecular flexibility index (Phi) is 4.04. The zero-order chi connectivity index (χ0) is 14.8. The van der Waals surface area contributed by atoms with E-state index in [2.05, 4.69) is 19.7 Å². The second kappa shape index (κ2) is 5.58. The Morgan fingerprint density at radius 1 is 1.25 bits per heavy atom. The normalized spacial score (nSPS) is 10.8. The summed E-state index contributed by atoms with van der Waals surface area (Å²) in [5.41, 5.74) is 0.108. The largest absolute Gasteiger partial charge is 0.264 e. The van der Waals surface area contributed by atoms with Gasteiger partial charge in [0.1, 0.15) is 27.6 Å². The second-order valence-corrected chi connectivity index (χ2v) is 5.85. The summed E-state index contributed by atoms with van der Waals surface area (Å²) < 4.78 is 26.3. The molecule has 0 aromatic carbocycles. The molecule has 0 atom stereocenters. The zero-order valence-corrected chi connectivity index (χ0v) is 11.9. The maximum Gasteiger partial charge on any atom is 0.264 e. The molecule has 0 aliphatic rings. The third-order valence-corrected chi connectivity index (χ3v) is 3.77. The van der Waals surface area contributed by atoms with Gasteiger partial charge < -0.3 is 0 Å². The molecule has 2 heterocycles. The first kappa shape index (κ1) is 14.5. The summed E-state index contributed by atoms with van der Waals surface area (Å²) in [7, 11) is -3.90. The van der Waals surface area contributed by atoms with Crippen molar-refractivity contribution in [3.63, 3.8) is 0 Å². The summed E-state index contributed by atoms with van der Waals surface area (Å²) in [6, 6.07) is 5.53. The number of rotatable bonds is 3. The van der Waals surface area contributed by atoms with Gasteiger partial charge in [-0.25, -0.2) is 18.4 Å². The highest BCUT2D eigenvalue weighted by Gasteiger charge is 2.16. The van der Waals surface area contributed by atoms with E-state index in [4.69, 9.17) is 28.5 Å². The van der Waals surface area contributed by atoms with Crippen LogP contribution in [0.3, 0.4) is 0 Å². The molecule has 0 amide bonds. The minimum Gasteiger partial charge on any atom is -0.263 e. The van der Waals surface area contributed by atoms with E-state index in [1.807, 2.05) is 0 Å². The maximum atomic E-state index is 12.0. The number of nitrogens with one attached hydrogen (secondary N) is 1. The third kappa shape index (κ3) is 3.33. The van der Waals surface area contributed by atoms with Crippen molar-refractivity contribution in [1.82, 2.24) is 15.0 Å². The van der Waals surface area contributed by atoms with Crippen LogP contribution >= 0.6 is 23.2 Å². The second-order valence-electron chi connectivity index (χ2n) is 3.44. The predicted molar refractivity (Wildman–Crippen MR) is 71.8 cm³/mol. The molecule has 0 saturated carbocycles. The standard InChI is InChI=1S/C10H5Cl2N5O2S/c11-8-3-9(16-10(12)15-8)17-20(18,19)7-2-1-6(4-13)14-5-7/h1-3,5H,(H,15,16,17). The SMILES string of the molecule is N#Cc1ccc(S(=O)(=O)Nc2cc(Cl)nc(Cl)n2)cn1. The first-order valence-electron chi connectivity index (χ1n) is 5.00. The minimum absolute atomic E-state index is 0.000605. The fraction of sp³-hybridized carbons (Fsp3) is 0. The predicted octanol–water partition coefficient (Wildman–Crippen LogP) is 1.85. The Bertz CT molecular complexity index is 766. The Morgan fingerprint density at radius 2 is 2.00 bits per heavy atom. The molecule has 7 nitrogen and oxygen atoms in total. The van der Waals surface area contributed by atoms with E-state index in [9.17, 15) is 8.42 Å². The van der Waals surface area contributed by atoms with Crippen LogP contribution in [0.2, 0.25) is 10.4 Å². The van der Waals surface area contributed by atoms with Crippen LogP contribution < -0.4 is 4.72 Å². The van der Waals surface area contributed by atoms with Gasteiger partial charge in [0, 0.05) is 12.3 Å². The average Bonchev–Trinajstić information content (AvgIpc) is 2.37. The van der Waals surface area contributed by atoms with Crippen LogP contribution in [0.15, 0.2) is 29.3 Å². The van der Waals surface area contributed by atoms with Gasteiger partial charge in [-0.15, -0.1) is 0 Å². The molecule has 0 radical (unpaired) electrons. The fourth-order valence-corrected chi connectivity index (χ4v) is 2.59. The first-order chi connectivity index (χ1) is 9.40. The number of nitrogens with zero attached hydrogens (tertiary/aromatic N) is 4. The Hall–Kier alpha value is -1.95. The molecular formula is C10H5Cl2N5O2S. The lowest BCUT2D eigenvalue weighted by Crippen LogP contribution is -2.14. The number of hydrogen-bond acceptors (Lipinski definition) is 6. The van der Waals surface area contributed by atoms with E-state index in [0.29, 0.717) is 0 Å². The first-order valence-corrected chi connectivity index (χ1v) is 7.24. The molecule has 0 saturated heterocycles. The monoisotopic (exact) mass is 329 g/mol. The van der Waals surface area contributed by atoms with Crippen molar-refractivity contribution in [2.45, 2.75) is 4.90 Å². The molecule has 0 bridgehead atoms. The van der Waals surface area contributed by atoms with E-state index in [1.165, 1.54) is 18.2 Å². The van der Waals surface area contributed by atoms with E-state index in [1.54, 1.807) is 6.07 Å². The summed E-state index contributed by atoms with van der Waals surface area (Å²) in [5.74, 6) is -0.0700. The van der Waals surface area contributed by atoms with E-state index < -0.39 is 10.0 Å². The maximum absolute atomic E-state index is 12.0. The topological polar surface area (TPSA) is 109 Å². The van der Waals surface area contributed by atoms with Gasteiger partial charge in [0.05, 0.1) is 0 Å². The number of pyridine rings is 1. The molecule has 0 aliphatic carbocycles. The van der Waals surface area contributed by atoms with E-state index in [0.717, 1.165) is 6.20 Å². The zero-order valence-electron chi connectivity index (χ0n) is 9.58. The molecule has 2 aromatic rings.